The molecule has 4 rings (SSSR count). The van der Waals surface area contributed by atoms with Gasteiger partial charge in [-0.3, -0.25) is 14.5 Å². The quantitative estimate of drug-likeness (QED) is 0.644. The van der Waals surface area contributed by atoms with Crippen LogP contribution in [-0.4, -0.2) is 49.1 Å². The fourth-order valence-electron chi connectivity index (χ4n) is 3.40. The van der Waals surface area contributed by atoms with Crippen molar-refractivity contribution in [1.29, 1.82) is 5.26 Å². The van der Waals surface area contributed by atoms with Crippen LogP contribution in [0.25, 0.3) is 11.3 Å². The van der Waals surface area contributed by atoms with Gasteiger partial charge >= 0.3 is 0 Å². The van der Waals surface area contributed by atoms with Crippen LogP contribution in [0.4, 0.5) is 11.6 Å². The predicted octanol–water partition coefficient (Wildman–Crippen LogP) is 2.18. The molecule has 9 nitrogen and oxygen atoms in total. The van der Waals surface area contributed by atoms with Crippen LogP contribution >= 0.6 is 0 Å². The molecule has 146 valence electrons. The number of anilines is 2. The Hall–Kier alpha value is -3.80. The van der Waals surface area contributed by atoms with Gasteiger partial charge in [-0.15, -0.1) is 0 Å². The zero-order valence-corrected chi connectivity index (χ0v) is 16.2. The number of carbonyl (C=O) groups is 1. The Labute approximate surface area is 168 Å². The first kappa shape index (κ1) is 18.6. The van der Waals surface area contributed by atoms with Crippen molar-refractivity contribution in [3.8, 4) is 17.3 Å². The number of nitriles is 1. The first-order valence-electron chi connectivity index (χ1n) is 9.18. The molecule has 3 aromatic heterocycles. The van der Waals surface area contributed by atoms with E-state index in [2.05, 4.69) is 31.4 Å². The number of hydrogen-bond acceptors (Lipinski definition) is 7. The van der Waals surface area contributed by atoms with E-state index in [0.29, 0.717) is 24.7 Å². The number of carbonyl (C=O) groups excluding carboxylic acids is 1. The smallest absolute Gasteiger partial charge is 0.227 e. The molecule has 0 atom stereocenters. The van der Waals surface area contributed by atoms with Crippen LogP contribution in [-0.2, 0) is 10.3 Å². The number of pyridine rings is 1. The number of nitrogens with zero attached hydrogens (tertiary/aromatic N) is 7. The molecule has 29 heavy (non-hydrogen) atoms. The van der Waals surface area contributed by atoms with Gasteiger partial charge in [0.15, 0.2) is 0 Å². The van der Waals surface area contributed by atoms with E-state index in [-0.39, 0.29) is 6.42 Å². The molecule has 9 heteroatoms. The van der Waals surface area contributed by atoms with Gasteiger partial charge < -0.3 is 10.2 Å². The summed E-state index contributed by atoms with van der Waals surface area (Å²) in [5.74, 6) is 0.461. The van der Waals surface area contributed by atoms with Crippen molar-refractivity contribution in [2.24, 2.45) is 0 Å². The van der Waals surface area contributed by atoms with E-state index in [9.17, 15) is 10.1 Å². The van der Waals surface area contributed by atoms with Gasteiger partial charge in [-0.1, -0.05) is 0 Å². The fourth-order valence-corrected chi connectivity index (χ4v) is 3.40. The zero-order valence-electron chi connectivity index (χ0n) is 16.2. The molecular formula is C20H20N8O. The van der Waals surface area contributed by atoms with Crippen molar-refractivity contribution >= 4 is 18.0 Å². The number of hydrogen-bond donors (Lipinski definition) is 1. The van der Waals surface area contributed by atoms with Gasteiger partial charge in [-0.2, -0.15) is 10.4 Å². The summed E-state index contributed by atoms with van der Waals surface area (Å²) in [6.45, 7) is 4.91. The van der Waals surface area contributed by atoms with E-state index in [4.69, 9.17) is 0 Å². The van der Waals surface area contributed by atoms with Crippen molar-refractivity contribution in [3.05, 3.63) is 48.2 Å². The van der Waals surface area contributed by atoms with E-state index in [1.165, 1.54) is 0 Å². The highest BCUT2D eigenvalue weighted by atomic mass is 16.1. The minimum Gasteiger partial charge on any atom is -0.340 e. The first-order valence-corrected chi connectivity index (χ1v) is 9.18. The second kappa shape index (κ2) is 7.31. The maximum atomic E-state index is 10.9. The standard InChI is InChI=1S/C20H20N8O/c1-14-7-17(9-23-15(14)2)25-19-22-6-3-18(26-19)16-8-24-28(10-16)20(4-5-21)11-27(12-20)13-29/h3,6-10,13H,4,11-12H2,1-2H3,(H,22,25,26). The molecule has 0 saturated carbocycles. The van der Waals surface area contributed by atoms with Gasteiger partial charge in [0, 0.05) is 36.7 Å². The molecule has 4 heterocycles. The topological polar surface area (TPSA) is 113 Å². The number of amides is 1. The van der Waals surface area contributed by atoms with E-state index in [0.717, 1.165) is 28.9 Å². The lowest BCUT2D eigenvalue weighted by molar-refractivity contribution is -0.128. The Balaban J connectivity index is 1.57. The summed E-state index contributed by atoms with van der Waals surface area (Å²) >= 11 is 0. The second-order valence-corrected chi connectivity index (χ2v) is 7.26. The summed E-state index contributed by atoms with van der Waals surface area (Å²) in [6, 6.07) is 6.01. The van der Waals surface area contributed by atoms with E-state index in [1.54, 1.807) is 34.2 Å². The molecule has 0 unspecified atom stereocenters. The van der Waals surface area contributed by atoms with Crippen LogP contribution in [0, 0.1) is 25.2 Å². The van der Waals surface area contributed by atoms with Crippen LogP contribution in [0.1, 0.15) is 17.7 Å². The van der Waals surface area contributed by atoms with Crippen molar-refractivity contribution in [3.63, 3.8) is 0 Å². The van der Waals surface area contributed by atoms with Crippen molar-refractivity contribution < 1.29 is 4.79 Å². The number of nitrogens with one attached hydrogen (secondary N) is 1. The lowest BCUT2D eigenvalue weighted by Gasteiger charge is -2.47. The minimum atomic E-state index is -0.479. The Morgan fingerprint density at radius 3 is 2.86 bits per heavy atom. The summed E-state index contributed by atoms with van der Waals surface area (Å²) in [5.41, 5.74) is 3.93. The first-order chi connectivity index (χ1) is 14.0. The highest BCUT2D eigenvalue weighted by molar-refractivity contribution is 5.61. The third-order valence-corrected chi connectivity index (χ3v) is 5.17. The van der Waals surface area contributed by atoms with Gasteiger partial charge in [0.05, 0.1) is 36.3 Å². The van der Waals surface area contributed by atoms with Crippen LogP contribution in [0.3, 0.4) is 0 Å². The summed E-state index contributed by atoms with van der Waals surface area (Å²) in [5, 5.41) is 16.8. The Bertz CT molecular complexity index is 1090. The van der Waals surface area contributed by atoms with E-state index < -0.39 is 5.54 Å². The van der Waals surface area contributed by atoms with Crippen molar-refractivity contribution in [2.75, 3.05) is 18.4 Å². The monoisotopic (exact) mass is 388 g/mol. The predicted molar refractivity (Wildman–Crippen MR) is 106 cm³/mol. The average molecular weight is 388 g/mol. The third kappa shape index (κ3) is 3.52. The molecule has 1 aliphatic heterocycles. The highest BCUT2D eigenvalue weighted by Gasteiger charge is 2.45. The van der Waals surface area contributed by atoms with Gasteiger partial charge in [0.2, 0.25) is 12.4 Å². The van der Waals surface area contributed by atoms with Crippen molar-refractivity contribution in [2.45, 2.75) is 25.8 Å². The number of rotatable bonds is 6. The van der Waals surface area contributed by atoms with Crippen LogP contribution in [0.15, 0.2) is 36.9 Å². The molecule has 1 N–H and O–H groups in total. The van der Waals surface area contributed by atoms with Gasteiger partial charge in [-0.05, 0) is 31.5 Å². The molecule has 1 saturated heterocycles. The van der Waals surface area contributed by atoms with E-state index >= 15 is 0 Å². The molecule has 1 fully saturated rings. The maximum absolute atomic E-state index is 10.9. The average Bonchev–Trinajstić information content (AvgIpc) is 3.18. The molecule has 1 amide bonds. The van der Waals surface area contributed by atoms with E-state index in [1.807, 2.05) is 26.1 Å². The van der Waals surface area contributed by atoms with Crippen LogP contribution in [0.5, 0.6) is 0 Å². The molecule has 0 bridgehead atoms. The Morgan fingerprint density at radius 2 is 2.14 bits per heavy atom. The molecule has 0 aromatic carbocycles. The minimum absolute atomic E-state index is 0.287. The van der Waals surface area contributed by atoms with Gasteiger partial charge in [0.25, 0.3) is 0 Å². The fraction of sp³-hybridized carbons (Fsp3) is 0.300. The maximum Gasteiger partial charge on any atom is 0.227 e. The van der Waals surface area contributed by atoms with Crippen LogP contribution < -0.4 is 5.32 Å². The van der Waals surface area contributed by atoms with Gasteiger partial charge in [-0.25, -0.2) is 9.97 Å². The second-order valence-electron chi connectivity index (χ2n) is 7.26. The Morgan fingerprint density at radius 1 is 1.31 bits per heavy atom. The number of aromatic nitrogens is 5. The SMILES string of the molecule is Cc1cc(Nc2nccc(-c3cnn(C4(CC#N)CN(C=O)C4)c3)n2)cnc1C. The van der Waals surface area contributed by atoms with Crippen molar-refractivity contribution in [1.82, 2.24) is 29.6 Å². The molecule has 0 spiro atoms. The molecule has 0 radical (unpaired) electrons. The normalized spacial score (nSPS) is 14.7. The molecule has 3 aromatic rings. The van der Waals surface area contributed by atoms with Gasteiger partial charge in [0.1, 0.15) is 5.54 Å². The lowest BCUT2D eigenvalue weighted by Crippen LogP contribution is -2.62. The molecule has 0 aliphatic carbocycles. The Kier molecular flexibility index (Phi) is 4.68. The highest BCUT2D eigenvalue weighted by Crippen LogP contribution is 2.32. The summed E-state index contributed by atoms with van der Waals surface area (Å²) in [7, 11) is 0. The molecular weight excluding hydrogens is 368 g/mol. The summed E-state index contributed by atoms with van der Waals surface area (Å²) in [6.07, 6.45) is 8.09. The lowest BCUT2D eigenvalue weighted by atomic mass is 9.87. The summed E-state index contributed by atoms with van der Waals surface area (Å²) < 4.78 is 1.77. The summed E-state index contributed by atoms with van der Waals surface area (Å²) in [4.78, 5) is 25.8. The molecule has 1 aliphatic rings. The largest absolute Gasteiger partial charge is 0.340 e. The van der Waals surface area contributed by atoms with Crippen LogP contribution in [0.2, 0.25) is 0 Å². The third-order valence-electron chi connectivity index (χ3n) is 5.17. The number of aryl methyl sites for hydroxylation is 2. The zero-order chi connectivity index (χ0) is 20.4. The number of likely N-dealkylation sites (tertiary alicyclic amines) is 1.